The Kier molecular flexibility index (Phi) is 6.61. The van der Waals surface area contributed by atoms with Crippen LogP contribution in [-0.2, 0) is 12.8 Å². The Morgan fingerprint density at radius 3 is 2.61 bits per heavy atom. The summed E-state index contributed by atoms with van der Waals surface area (Å²) < 4.78 is 13.4. The number of nitrogens with zero attached hydrogens (tertiary/aromatic N) is 1. The number of aromatic nitrogens is 1. The van der Waals surface area contributed by atoms with Gasteiger partial charge in [0, 0.05) is 12.0 Å². The van der Waals surface area contributed by atoms with Crippen LogP contribution in [0.4, 0.5) is 4.39 Å². The van der Waals surface area contributed by atoms with Crippen LogP contribution >= 0.6 is 0 Å². The minimum Gasteiger partial charge on any atom is -0.252 e. The van der Waals surface area contributed by atoms with Crippen LogP contribution in [0.5, 0.6) is 0 Å². The second kappa shape index (κ2) is 9.14. The predicted octanol–water partition coefficient (Wildman–Crippen LogP) is 7.47. The average Bonchev–Trinajstić information content (AvgIpc) is 3.08. The lowest BCUT2D eigenvalue weighted by atomic mass is 9.97. The van der Waals surface area contributed by atoms with Crippen LogP contribution in [0.3, 0.4) is 0 Å². The molecule has 1 nitrogen and oxygen atoms in total. The van der Waals surface area contributed by atoms with E-state index in [0.29, 0.717) is 0 Å². The van der Waals surface area contributed by atoms with Gasteiger partial charge in [-0.1, -0.05) is 24.1 Å². The molecule has 1 heterocycles. The molecule has 0 saturated carbocycles. The van der Waals surface area contributed by atoms with E-state index in [1.54, 1.807) is 0 Å². The van der Waals surface area contributed by atoms with Crippen molar-refractivity contribution in [1.29, 1.82) is 0 Å². The molecule has 3 rings (SSSR count). The molecule has 1 aliphatic carbocycles. The number of halogens is 1. The zero-order valence-electron chi connectivity index (χ0n) is 17.3. The molecule has 0 N–H and O–H groups in total. The predicted molar refractivity (Wildman–Crippen MR) is 118 cm³/mol. The molecule has 1 aromatic carbocycles. The number of benzene rings is 1. The summed E-state index contributed by atoms with van der Waals surface area (Å²) in [6.07, 6.45) is 10.8. The number of fused-ring (bicyclic) bond motifs is 1. The van der Waals surface area contributed by atoms with Crippen molar-refractivity contribution in [2.75, 3.05) is 0 Å². The fourth-order valence-electron chi connectivity index (χ4n) is 3.78. The van der Waals surface area contributed by atoms with Gasteiger partial charge in [-0.25, -0.2) is 4.39 Å². The van der Waals surface area contributed by atoms with E-state index in [-0.39, 0.29) is 5.82 Å². The monoisotopic (exact) mass is 375 g/mol. The standard InChI is InChI=1S/C26H30FN/c1-5-8-19(4)22-16-23-15-21(10-7-6-9-18(2)3)26(28-25(23)17-22)20-11-13-24(27)14-12-20/h8,11-16H,2,5-7,9-10,17H2,1,3-4H3/b19-8+. The molecule has 0 spiro atoms. The molecule has 28 heavy (non-hydrogen) atoms. The van der Waals surface area contributed by atoms with E-state index in [9.17, 15) is 4.39 Å². The zero-order chi connectivity index (χ0) is 20.1. The van der Waals surface area contributed by atoms with Crippen LogP contribution < -0.4 is 0 Å². The number of aryl methyl sites for hydroxylation is 1. The maximum atomic E-state index is 13.4. The summed E-state index contributed by atoms with van der Waals surface area (Å²) in [5, 5.41) is 0. The minimum atomic E-state index is -0.211. The molecule has 1 aromatic heterocycles. The molecule has 2 aromatic rings. The van der Waals surface area contributed by atoms with Crippen LogP contribution in [0.1, 0.15) is 63.3 Å². The second-order valence-corrected chi connectivity index (χ2v) is 7.84. The van der Waals surface area contributed by atoms with Gasteiger partial charge < -0.3 is 0 Å². The van der Waals surface area contributed by atoms with Crippen molar-refractivity contribution in [3.05, 3.63) is 82.3 Å². The van der Waals surface area contributed by atoms with Crippen molar-refractivity contribution in [3.8, 4) is 11.3 Å². The average molecular weight is 376 g/mol. The summed E-state index contributed by atoms with van der Waals surface area (Å²) in [5.74, 6) is -0.211. The van der Waals surface area contributed by atoms with Crippen LogP contribution in [0.15, 0.2) is 59.7 Å². The van der Waals surface area contributed by atoms with E-state index in [1.807, 2.05) is 12.1 Å². The number of allylic oxidation sites excluding steroid dienone is 4. The highest BCUT2D eigenvalue weighted by Crippen LogP contribution is 2.33. The Balaban J connectivity index is 1.92. The van der Waals surface area contributed by atoms with Gasteiger partial charge in [-0.05, 0) is 99.1 Å². The van der Waals surface area contributed by atoms with Gasteiger partial charge in [-0.15, -0.1) is 6.58 Å². The van der Waals surface area contributed by atoms with E-state index in [1.165, 1.54) is 40.0 Å². The van der Waals surface area contributed by atoms with Crippen molar-refractivity contribution in [2.24, 2.45) is 0 Å². The molecule has 0 radical (unpaired) electrons. The Hall–Kier alpha value is -2.48. The Bertz CT molecular complexity index is 916. The highest BCUT2D eigenvalue weighted by Gasteiger charge is 2.19. The quantitative estimate of drug-likeness (QED) is 0.344. The molecule has 0 amide bonds. The second-order valence-electron chi connectivity index (χ2n) is 7.84. The molecule has 0 unspecified atom stereocenters. The number of rotatable bonds is 8. The number of hydrogen-bond donors (Lipinski definition) is 0. The lowest BCUT2D eigenvalue weighted by Gasteiger charge is -2.12. The Morgan fingerprint density at radius 2 is 1.93 bits per heavy atom. The first-order chi connectivity index (χ1) is 13.5. The zero-order valence-corrected chi connectivity index (χ0v) is 17.3. The molecule has 0 saturated heterocycles. The molecule has 1 aliphatic rings. The number of unbranched alkanes of at least 4 members (excludes halogenated alkanes) is 1. The lowest BCUT2D eigenvalue weighted by molar-refractivity contribution is 0.628. The van der Waals surface area contributed by atoms with Crippen molar-refractivity contribution >= 4 is 6.08 Å². The number of pyridine rings is 1. The van der Waals surface area contributed by atoms with E-state index in [2.05, 4.69) is 45.6 Å². The summed E-state index contributed by atoms with van der Waals surface area (Å²) in [6, 6.07) is 9.02. The highest BCUT2D eigenvalue weighted by molar-refractivity contribution is 5.72. The summed E-state index contributed by atoms with van der Waals surface area (Å²) >= 11 is 0. The molecular weight excluding hydrogens is 345 g/mol. The van der Waals surface area contributed by atoms with Gasteiger partial charge in [0.1, 0.15) is 5.82 Å². The highest BCUT2D eigenvalue weighted by atomic mass is 19.1. The van der Waals surface area contributed by atoms with Gasteiger partial charge >= 0.3 is 0 Å². The first-order valence-corrected chi connectivity index (χ1v) is 10.3. The van der Waals surface area contributed by atoms with E-state index in [0.717, 1.165) is 55.5 Å². The summed E-state index contributed by atoms with van der Waals surface area (Å²) in [7, 11) is 0. The van der Waals surface area contributed by atoms with Gasteiger partial charge in [-0.2, -0.15) is 0 Å². The van der Waals surface area contributed by atoms with E-state index < -0.39 is 0 Å². The van der Waals surface area contributed by atoms with Gasteiger partial charge in [0.05, 0.1) is 11.4 Å². The van der Waals surface area contributed by atoms with Gasteiger partial charge in [0.25, 0.3) is 0 Å². The number of hydrogen-bond acceptors (Lipinski definition) is 1. The molecule has 0 atom stereocenters. The molecule has 146 valence electrons. The minimum absolute atomic E-state index is 0.211. The lowest BCUT2D eigenvalue weighted by Crippen LogP contribution is -2.00. The Morgan fingerprint density at radius 1 is 1.18 bits per heavy atom. The molecule has 0 fully saturated rings. The third-order valence-corrected chi connectivity index (χ3v) is 5.34. The van der Waals surface area contributed by atoms with Crippen molar-refractivity contribution in [1.82, 2.24) is 4.98 Å². The normalized spacial score (nSPS) is 13.4. The summed E-state index contributed by atoms with van der Waals surface area (Å²) in [4.78, 5) is 5.04. The summed E-state index contributed by atoms with van der Waals surface area (Å²) in [6.45, 7) is 10.4. The van der Waals surface area contributed by atoms with Crippen LogP contribution in [0, 0.1) is 5.82 Å². The largest absolute Gasteiger partial charge is 0.252 e. The van der Waals surface area contributed by atoms with Gasteiger partial charge in [0.15, 0.2) is 0 Å². The van der Waals surface area contributed by atoms with Crippen molar-refractivity contribution in [2.45, 2.75) is 59.3 Å². The molecule has 0 aliphatic heterocycles. The van der Waals surface area contributed by atoms with Crippen LogP contribution in [0.2, 0.25) is 0 Å². The van der Waals surface area contributed by atoms with Gasteiger partial charge in [-0.3, -0.25) is 4.98 Å². The smallest absolute Gasteiger partial charge is 0.123 e. The first-order valence-electron chi connectivity index (χ1n) is 10.3. The van der Waals surface area contributed by atoms with Crippen molar-refractivity contribution in [3.63, 3.8) is 0 Å². The van der Waals surface area contributed by atoms with E-state index in [4.69, 9.17) is 4.98 Å². The maximum absolute atomic E-state index is 13.4. The third-order valence-electron chi connectivity index (χ3n) is 5.34. The summed E-state index contributed by atoms with van der Waals surface area (Å²) in [5.41, 5.74) is 9.54. The SMILES string of the molecule is C=C(C)CCCCc1cc2c(nc1-c1ccc(F)cc1)CC(/C(C)=C/CC)=C2. The van der Waals surface area contributed by atoms with Crippen molar-refractivity contribution < 1.29 is 4.39 Å². The molecule has 2 heteroatoms. The first kappa shape index (κ1) is 20.3. The topological polar surface area (TPSA) is 12.9 Å². The molecular formula is C26H30FN. The van der Waals surface area contributed by atoms with E-state index >= 15 is 0 Å². The fourth-order valence-corrected chi connectivity index (χ4v) is 3.78. The maximum Gasteiger partial charge on any atom is 0.123 e. The van der Waals surface area contributed by atoms with Crippen LogP contribution in [0.25, 0.3) is 17.3 Å². The third kappa shape index (κ3) is 4.86. The van der Waals surface area contributed by atoms with Gasteiger partial charge in [0.2, 0.25) is 0 Å². The fraction of sp³-hybridized carbons (Fsp3) is 0.346. The van der Waals surface area contributed by atoms with Crippen LogP contribution in [-0.4, -0.2) is 4.98 Å². The molecule has 0 bridgehead atoms. The Labute approximate surface area is 168 Å².